The lowest BCUT2D eigenvalue weighted by Crippen LogP contribution is -1.98. The lowest BCUT2D eigenvalue weighted by Gasteiger charge is -2.06. The molecule has 1 N–H and O–H groups in total. The molecule has 0 aliphatic rings. The van der Waals surface area contributed by atoms with E-state index in [0.717, 1.165) is 14.9 Å². The predicted octanol–water partition coefficient (Wildman–Crippen LogP) is 3.57. The van der Waals surface area contributed by atoms with Gasteiger partial charge in [0.25, 0.3) is 0 Å². The zero-order valence-electron chi connectivity index (χ0n) is 9.47. The monoisotopic (exact) mass is 354 g/mol. The van der Waals surface area contributed by atoms with Crippen LogP contribution in [0.15, 0.2) is 48.5 Å². The summed E-state index contributed by atoms with van der Waals surface area (Å²) in [6, 6.07) is 14.4. The maximum absolute atomic E-state index is 10.7. The molecule has 0 unspecified atom stereocenters. The standard InChI is InChI=1S/C14H11IO3/c15-12-5-7-13(8-6-12)18-9-10-1-3-11(4-2-10)14(16)17/h1-8H,9H2,(H,16,17). The molecule has 92 valence electrons. The summed E-state index contributed by atoms with van der Waals surface area (Å²) in [5.74, 6) is -0.113. The maximum Gasteiger partial charge on any atom is 0.335 e. The van der Waals surface area contributed by atoms with Crippen molar-refractivity contribution in [1.29, 1.82) is 0 Å². The molecule has 0 saturated heterocycles. The first-order valence-electron chi connectivity index (χ1n) is 5.36. The lowest BCUT2D eigenvalue weighted by atomic mass is 10.1. The van der Waals surface area contributed by atoms with Crippen LogP contribution in [-0.4, -0.2) is 11.1 Å². The van der Waals surface area contributed by atoms with Crippen LogP contribution >= 0.6 is 22.6 Å². The predicted molar refractivity (Wildman–Crippen MR) is 76.9 cm³/mol. The molecule has 2 rings (SSSR count). The average Bonchev–Trinajstić information content (AvgIpc) is 2.38. The van der Waals surface area contributed by atoms with Crippen LogP contribution < -0.4 is 4.74 Å². The highest BCUT2D eigenvalue weighted by Gasteiger charge is 2.02. The molecule has 0 aliphatic heterocycles. The van der Waals surface area contributed by atoms with Gasteiger partial charge in [0, 0.05) is 3.57 Å². The van der Waals surface area contributed by atoms with Gasteiger partial charge in [-0.2, -0.15) is 0 Å². The number of rotatable bonds is 4. The van der Waals surface area contributed by atoms with E-state index < -0.39 is 5.97 Å². The summed E-state index contributed by atoms with van der Waals surface area (Å²) in [5, 5.41) is 8.78. The van der Waals surface area contributed by atoms with Crippen molar-refractivity contribution in [3.63, 3.8) is 0 Å². The number of ether oxygens (including phenoxy) is 1. The number of aromatic carboxylic acids is 1. The number of hydrogen-bond donors (Lipinski definition) is 1. The molecule has 2 aromatic rings. The molecule has 0 aromatic heterocycles. The number of carbonyl (C=O) groups is 1. The van der Waals surface area contributed by atoms with Gasteiger partial charge in [0.15, 0.2) is 0 Å². The quantitative estimate of drug-likeness (QED) is 0.854. The highest BCUT2D eigenvalue weighted by molar-refractivity contribution is 14.1. The van der Waals surface area contributed by atoms with E-state index in [0.29, 0.717) is 6.61 Å². The van der Waals surface area contributed by atoms with E-state index in [2.05, 4.69) is 22.6 Å². The molecule has 0 aliphatic carbocycles. The van der Waals surface area contributed by atoms with Crippen molar-refractivity contribution in [3.05, 3.63) is 63.2 Å². The fourth-order valence-electron chi connectivity index (χ4n) is 1.44. The van der Waals surface area contributed by atoms with Crippen molar-refractivity contribution in [3.8, 4) is 5.75 Å². The molecule has 2 aromatic carbocycles. The Hall–Kier alpha value is -1.56. The second-order valence-electron chi connectivity index (χ2n) is 3.74. The van der Waals surface area contributed by atoms with Gasteiger partial charge in [-0.1, -0.05) is 12.1 Å². The van der Waals surface area contributed by atoms with Crippen molar-refractivity contribution in [2.45, 2.75) is 6.61 Å². The first-order chi connectivity index (χ1) is 8.65. The zero-order chi connectivity index (χ0) is 13.0. The number of halogens is 1. The highest BCUT2D eigenvalue weighted by Crippen LogP contribution is 2.15. The van der Waals surface area contributed by atoms with Gasteiger partial charge < -0.3 is 9.84 Å². The summed E-state index contributed by atoms with van der Waals surface area (Å²) >= 11 is 2.23. The number of carboxylic acids is 1. The Bertz CT molecular complexity index is 532. The molecule has 18 heavy (non-hydrogen) atoms. The van der Waals surface area contributed by atoms with Crippen LogP contribution in [0.2, 0.25) is 0 Å². The Morgan fingerprint density at radius 2 is 1.67 bits per heavy atom. The van der Waals surface area contributed by atoms with Crippen molar-refractivity contribution in [1.82, 2.24) is 0 Å². The third kappa shape index (κ3) is 3.46. The zero-order valence-corrected chi connectivity index (χ0v) is 11.6. The molecule has 0 saturated carbocycles. The van der Waals surface area contributed by atoms with Crippen LogP contribution in [0.3, 0.4) is 0 Å². The van der Waals surface area contributed by atoms with Crippen LogP contribution in [-0.2, 0) is 6.61 Å². The highest BCUT2D eigenvalue weighted by atomic mass is 127. The lowest BCUT2D eigenvalue weighted by molar-refractivity contribution is 0.0697. The molecule has 0 atom stereocenters. The van der Waals surface area contributed by atoms with Gasteiger partial charge in [-0.15, -0.1) is 0 Å². The van der Waals surface area contributed by atoms with Crippen LogP contribution in [0, 0.1) is 3.57 Å². The van der Waals surface area contributed by atoms with Gasteiger partial charge in [0.05, 0.1) is 5.56 Å². The Morgan fingerprint density at radius 1 is 1.06 bits per heavy atom. The number of carboxylic acid groups (broad SMARTS) is 1. The number of hydrogen-bond acceptors (Lipinski definition) is 2. The van der Waals surface area contributed by atoms with E-state index in [1.54, 1.807) is 24.3 Å². The second kappa shape index (κ2) is 5.86. The van der Waals surface area contributed by atoms with Gasteiger partial charge in [0.1, 0.15) is 12.4 Å². The molecule has 0 bridgehead atoms. The summed E-state index contributed by atoms with van der Waals surface area (Å²) in [4.78, 5) is 10.7. The van der Waals surface area contributed by atoms with Crippen molar-refractivity contribution >= 4 is 28.6 Å². The van der Waals surface area contributed by atoms with Crippen LogP contribution in [0.5, 0.6) is 5.75 Å². The van der Waals surface area contributed by atoms with Crippen LogP contribution in [0.1, 0.15) is 15.9 Å². The fourth-order valence-corrected chi connectivity index (χ4v) is 1.80. The van der Waals surface area contributed by atoms with Crippen LogP contribution in [0.4, 0.5) is 0 Å². The summed E-state index contributed by atoms with van der Waals surface area (Å²) in [6.07, 6.45) is 0. The van der Waals surface area contributed by atoms with Crippen molar-refractivity contribution < 1.29 is 14.6 Å². The molecule has 0 fully saturated rings. The van der Waals surface area contributed by atoms with E-state index in [9.17, 15) is 4.79 Å². The topological polar surface area (TPSA) is 46.5 Å². The average molecular weight is 354 g/mol. The minimum Gasteiger partial charge on any atom is -0.489 e. The number of benzene rings is 2. The molecular weight excluding hydrogens is 343 g/mol. The van der Waals surface area contributed by atoms with E-state index in [4.69, 9.17) is 9.84 Å². The Morgan fingerprint density at radius 3 is 2.22 bits per heavy atom. The van der Waals surface area contributed by atoms with Gasteiger partial charge in [-0.05, 0) is 64.6 Å². The SMILES string of the molecule is O=C(O)c1ccc(COc2ccc(I)cc2)cc1. The molecule has 0 amide bonds. The smallest absolute Gasteiger partial charge is 0.335 e. The van der Waals surface area contributed by atoms with Crippen LogP contribution in [0.25, 0.3) is 0 Å². The normalized spacial score (nSPS) is 10.1. The van der Waals surface area contributed by atoms with Gasteiger partial charge in [-0.25, -0.2) is 4.79 Å². The second-order valence-corrected chi connectivity index (χ2v) is 4.99. The summed E-state index contributed by atoms with van der Waals surface area (Å²) in [5.41, 5.74) is 1.23. The molecule has 0 heterocycles. The van der Waals surface area contributed by atoms with Gasteiger partial charge in [0.2, 0.25) is 0 Å². The van der Waals surface area contributed by atoms with E-state index in [1.165, 1.54) is 0 Å². The largest absolute Gasteiger partial charge is 0.489 e. The Kier molecular flexibility index (Phi) is 4.19. The Balaban J connectivity index is 1.97. The first-order valence-corrected chi connectivity index (χ1v) is 6.43. The minimum atomic E-state index is -0.917. The van der Waals surface area contributed by atoms with Gasteiger partial charge >= 0.3 is 5.97 Å². The first kappa shape index (κ1) is 12.9. The molecule has 3 nitrogen and oxygen atoms in total. The Labute approximate surface area is 119 Å². The minimum absolute atomic E-state index is 0.285. The fraction of sp³-hybridized carbons (Fsp3) is 0.0714. The molecule has 4 heteroatoms. The molecule has 0 spiro atoms. The summed E-state index contributed by atoms with van der Waals surface area (Å²) < 4.78 is 6.75. The molecular formula is C14H11IO3. The van der Waals surface area contributed by atoms with Gasteiger partial charge in [-0.3, -0.25) is 0 Å². The van der Waals surface area contributed by atoms with E-state index >= 15 is 0 Å². The summed E-state index contributed by atoms with van der Waals surface area (Å²) in [7, 11) is 0. The third-order valence-corrected chi connectivity index (χ3v) is 3.14. The third-order valence-electron chi connectivity index (χ3n) is 2.42. The van der Waals surface area contributed by atoms with Crippen molar-refractivity contribution in [2.75, 3.05) is 0 Å². The van der Waals surface area contributed by atoms with E-state index in [1.807, 2.05) is 24.3 Å². The maximum atomic E-state index is 10.7. The van der Waals surface area contributed by atoms with Crippen molar-refractivity contribution in [2.24, 2.45) is 0 Å². The van der Waals surface area contributed by atoms with E-state index in [-0.39, 0.29) is 5.56 Å². The summed E-state index contributed by atoms with van der Waals surface area (Å²) in [6.45, 7) is 0.431. The molecule has 0 radical (unpaired) electrons.